The first-order chi connectivity index (χ1) is 10.6. The largest absolute Gasteiger partial charge is 0.355 e. The van der Waals surface area contributed by atoms with Crippen molar-refractivity contribution in [3.05, 3.63) is 35.4 Å². The number of hydrogen-bond acceptors (Lipinski definition) is 2. The minimum absolute atomic E-state index is 0.128. The van der Waals surface area contributed by atoms with Crippen LogP contribution in [0, 0.1) is 0 Å². The van der Waals surface area contributed by atoms with E-state index in [-0.39, 0.29) is 5.91 Å². The summed E-state index contributed by atoms with van der Waals surface area (Å²) in [6.07, 6.45) is 5.64. The van der Waals surface area contributed by atoms with E-state index < -0.39 is 5.67 Å². The zero-order valence-electron chi connectivity index (χ0n) is 13.3. The first-order valence-corrected chi connectivity index (χ1v) is 8.38. The molecule has 0 radical (unpaired) electrons. The van der Waals surface area contributed by atoms with Gasteiger partial charge in [-0.2, -0.15) is 0 Å². The van der Waals surface area contributed by atoms with Gasteiger partial charge in [0.2, 0.25) is 0 Å². The second kappa shape index (κ2) is 6.37. The molecule has 1 aromatic rings. The van der Waals surface area contributed by atoms with Crippen molar-refractivity contribution in [1.82, 2.24) is 10.2 Å². The maximum Gasteiger partial charge on any atom is 0.251 e. The summed E-state index contributed by atoms with van der Waals surface area (Å²) in [7, 11) is 1.60. The van der Waals surface area contributed by atoms with Crippen molar-refractivity contribution in [2.75, 3.05) is 20.1 Å². The highest BCUT2D eigenvalue weighted by atomic mass is 19.1. The molecule has 1 heterocycles. The average Bonchev–Trinajstić information content (AvgIpc) is 3.09. The molecule has 1 amide bonds. The fourth-order valence-corrected chi connectivity index (χ4v) is 3.89. The lowest BCUT2D eigenvalue weighted by molar-refractivity contribution is 0.0589. The van der Waals surface area contributed by atoms with Gasteiger partial charge in [-0.05, 0) is 69.3 Å². The van der Waals surface area contributed by atoms with E-state index >= 15 is 4.39 Å². The van der Waals surface area contributed by atoms with Gasteiger partial charge in [-0.15, -0.1) is 0 Å². The van der Waals surface area contributed by atoms with Crippen molar-refractivity contribution < 1.29 is 9.18 Å². The second-order valence-corrected chi connectivity index (χ2v) is 6.60. The van der Waals surface area contributed by atoms with E-state index in [9.17, 15) is 4.79 Å². The molecule has 1 saturated heterocycles. The molecular weight excluding hydrogens is 279 g/mol. The van der Waals surface area contributed by atoms with Crippen molar-refractivity contribution in [2.45, 2.75) is 50.2 Å². The summed E-state index contributed by atoms with van der Waals surface area (Å²) in [6, 6.07) is 7.57. The Morgan fingerprint density at radius 3 is 2.32 bits per heavy atom. The molecule has 3 nitrogen and oxygen atoms in total. The second-order valence-electron chi connectivity index (χ2n) is 6.60. The quantitative estimate of drug-likeness (QED) is 0.929. The van der Waals surface area contributed by atoms with Crippen LogP contribution < -0.4 is 5.32 Å². The Balaban J connectivity index is 1.65. The highest BCUT2D eigenvalue weighted by Gasteiger charge is 2.38. The van der Waals surface area contributed by atoms with E-state index in [0.717, 1.165) is 18.4 Å². The molecule has 0 spiro atoms. The smallest absolute Gasteiger partial charge is 0.251 e. The van der Waals surface area contributed by atoms with Crippen LogP contribution in [0.5, 0.6) is 0 Å². The van der Waals surface area contributed by atoms with E-state index in [1.807, 2.05) is 0 Å². The van der Waals surface area contributed by atoms with Gasteiger partial charge >= 0.3 is 0 Å². The maximum atomic E-state index is 15.3. The van der Waals surface area contributed by atoms with Gasteiger partial charge in [-0.25, -0.2) is 4.39 Å². The third kappa shape index (κ3) is 3.02. The van der Waals surface area contributed by atoms with Gasteiger partial charge in [-0.3, -0.25) is 4.79 Å². The lowest BCUT2D eigenvalue weighted by Crippen LogP contribution is -2.39. The number of carbonyl (C=O) groups excluding carboxylic acids is 1. The standard InChI is InChI=1S/C18H25FN2O/c1-20-17(22)14-4-6-15(7-5-14)18(19)10-8-16(9-11-18)21-12-2-3-13-21/h4-7,16H,2-3,8-13H2,1H3,(H,20,22). The van der Waals surface area contributed by atoms with E-state index in [2.05, 4.69) is 10.2 Å². The fraction of sp³-hybridized carbons (Fsp3) is 0.611. The zero-order chi connectivity index (χ0) is 15.6. The molecule has 1 N–H and O–H groups in total. The highest BCUT2D eigenvalue weighted by Crippen LogP contribution is 2.42. The Hall–Kier alpha value is -1.42. The number of hydrogen-bond donors (Lipinski definition) is 1. The van der Waals surface area contributed by atoms with Gasteiger partial charge in [0.25, 0.3) is 5.91 Å². The number of rotatable bonds is 3. The lowest BCUT2D eigenvalue weighted by Gasteiger charge is -2.38. The molecule has 22 heavy (non-hydrogen) atoms. The van der Waals surface area contributed by atoms with Crippen molar-refractivity contribution in [2.24, 2.45) is 0 Å². The Labute approximate surface area is 131 Å². The molecule has 2 aliphatic rings. The summed E-state index contributed by atoms with van der Waals surface area (Å²) >= 11 is 0. The summed E-state index contributed by atoms with van der Waals surface area (Å²) < 4.78 is 15.3. The maximum absolute atomic E-state index is 15.3. The molecule has 1 aliphatic carbocycles. The molecule has 0 aromatic heterocycles. The lowest BCUT2D eigenvalue weighted by atomic mass is 9.78. The predicted molar refractivity (Wildman–Crippen MR) is 85.7 cm³/mol. The van der Waals surface area contributed by atoms with Crippen molar-refractivity contribution >= 4 is 5.91 Å². The molecule has 2 fully saturated rings. The molecule has 4 heteroatoms. The van der Waals surface area contributed by atoms with Gasteiger partial charge < -0.3 is 10.2 Å². The minimum Gasteiger partial charge on any atom is -0.355 e. The highest BCUT2D eigenvalue weighted by molar-refractivity contribution is 5.93. The normalized spacial score (nSPS) is 29.5. The zero-order valence-corrected chi connectivity index (χ0v) is 13.3. The Morgan fingerprint density at radius 2 is 1.77 bits per heavy atom. The molecule has 1 aromatic carbocycles. The molecule has 0 unspecified atom stereocenters. The third-order valence-electron chi connectivity index (χ3n) is 5.30. The number of alkyl halides is 1. The summed E-state index contributed by atoms with van der Waals surface area (Å²) in [5, 5.41) is 2.59. The predicted octanol–water partition coefficient (Wildman–Crippen LogP) is 3.25. The van der Waals surface area contributed by atoms with Crippen LogP contribution >= 0.6 is 0 Å². The van der Waals surface area contributed by atoms with E-state index in [0.29, 0.717) is 24.4 Å². The van der Waals surface area contributed by atoms with E-state index in [1.165, 1.54) is 25.9 Å². The van der Waals surface area contributed by atoms with Gasteiger partial charge in [0, 0.05) is 18.7 Å². The van der Waals surface area contributed by atoms with Gasteiger partial charge in [0.05, 0.1) is 0 Å². The van der Waals surface area contributed by atoms with Crippen LogP contribution in [0.2, 0.25) is 0 Å². The Morgan fingerprint density at radius 1 is 1.18 bits per heavy atom. The van der Waals surface area contributed by atoms with Crippen LogP contribution in [0.4, 0.5) is 4.39 Å². The number of halogens is 1. The number of benzene rings is 1. The molecule has 0 atom stereocenters. The van der Waals surface area contributed by atoms with Gasteiger partial charge in [0.15, 0.2) is 0 Å². The van der Waals surface area contributed by atoms with Gasteiger partial charge in [-0.1, -0.05) is 12.1 Å². The first kappa shape index (κ1) is 15.5. The Bertz CT molecular complexity index is 514. The fourth-order valence-electron chi connectivity index (χ4n) is 3.89. The Kier molecular flexibility index (Phi) is 4.48. The minimum atomic E-state index is -1.22. The van der Waals surface area contributed by atoms with Crippen LogP contribution in [0.15, 0.2) is 24.3 Å². The van der Waals surface area contributed by atoms with Crippen LogP contribution in [-0.2, 0) is 5.67 Å². The topological polar surface area (TPSA) is 32.3 Å². The molecule has 1 aliphatic heterocycles. The summed E-state index contributed by atoms with van der Waals surface area (Å²) in [6.45, 7) is 2.37. The average molecular weight is 304 g/mol. The summed E-state index contributed by atoms with van der Waals surface area (Å²) in [5.41, 5.74) is 0.0814. The summed E-state index contributed by atoms with van der Waals surface area (Å²) in [5.74, 6) is -0.128. The molecule has 0 bridgehead atoms. The van der Waals surface area contributed by atoms with Crippen LogP contribution in [0.1, 0.15) is 54.4 Å². The number of likely N-dealkylation sites (tertiary alicyclic amines) is 1. The number of amides is 1. The van der Waals surface area contributed by atoms with Crippen molar-refractivity contribution in [3.63, 3.8) is 0 Å². The van der Waals surface area contributed by atoms with Gasteiger partial charge in [0.1, 0.15) is 5.67 Å². The van der Waals surface area contributed by atoms with Crippen LogP contribution in [0.3, 0.4) is 0 Å². The molecule has 120 valence electrons. The number of carbonyl (C=O) groups is 1. The number of nitrogens with one attached hydrogen (secondary N) is 1. The number of nitrogens with zero attached hydrogens (tertiary/aromatic N) is 1. The van der Waals surface area contributed by atoms with Crippen molar-refractivity contribution in [3.8, 4) is 0 Å². The molecule has 1 saturated carbocycles. The van der Waals surface area contributed by atoms with E-state index in [1.54, 1.807) is 31.3 Å². The molecular formula is C18H25FN2O. The molecule has 3 rings (SSSR count). The van der Waals surface area contributed by atoms with Crippen LogP contribution in [-0.4, -0.2) is 37.0 Å². The van der Waals surface area contributed by atoms with Crippen molar-refractivity contribution in [1.29, 1.82) is 0 Å². The summed E-state index contributed by atoms with van der Waals surface area (Å²) in [4.78, 5) is 14.1. The SMILES string of the molecule is CNC(=O)c1ccc(C2(F)CCC(N3CCCC3)CC2)cc1. The first-order valence-electron chi connectivity index (χ1n) is 8.38. The monoisotopic (exact) mass is 304 g/mol. The third-order valence-corrected chi connectivity index (χ3v) is 5.30. The van der Waals surface area contributed by atoms with Crippen LogP contribution in [0.25, 0.3) is 0 Å². The van der Waals surface area contributed by atoms with E-state index in [4.69, 9.17) is 0 Å².